The topological polar surface area (TPSA) is 75.6 Å². The number of hydrogen-bond donors (Lipinski definition) is 2. The summed E-state index contributed by atoms with van der Waals surface area (Å²) in [5.41, 5.74) is -2.35. The second kappa shape index (κ2) is 6.32. The fourth-order valence-electron chi connectivity index (χ4n) is 1.50. The molecule has 0 heterocycles. The molecule has 0 aromatic carbocycles. The molecule has 0 bridgehead atoms. The van der Waals surface area contributed by atoms with E-state index in [0.29, 0.717) is 0 Å². The molecular weight excluding hydrogens is 279 g/mol. The number of halogens is 3. The molecule has 118 valence electrons. The summed E-state index contributed by atoms with van der Waals surface area (Å²) in [5, 5.41) is 11.0. The molecule has 5 nitrogen and oxygen atoms in total. The summed E-state index contributed by atoms with van der Waals surface area (Å²) >= 11 is 0. The molecule has 1 atom stereocenters. The van der Waals surface area contributed by atoms with Crippen LogP contribution in [0, 0.1) is 0 Å². The normalized spacial score (nSPS) is 15.3. The van der Waals surface area contributed by atoms with Gasteiger partial charge in [-0.1, -0.05) is 0 Å². The van der Waals surface area contributed by atoms with Crippen molar-refractivity contribution in [3.8, 4) is 0 Å². The first-order valence-electron chi connectivity index (χ1n) is 6.02. The predicted octanol–water partition coefficient (Wildman–Crippen LogP) is 3.09. The van der Waals surface area contributed by atoms with Gasteiger partial charge in [0.25, 0.3) is 0 Å². The van der Waals surface area contributed by atoms with Gasteiger partial charge in [-0.15, -0.1) is 0 Å². The highest BCUT2D eigenvalue weighted by atomic mass is 19.4. The van der Waals surface area contributed by atoms with E-state index in [-0.39, 0.29) is 0 Å². The molecule has 1 unspecified atom stereocenters. The van der Waals surface area contributed by atoms with E-state index in [9.17, 15) is 22.8 Å². The highest BCUT2D eigenvalue weighted by molar-refractivity contribution is 5.72. The average molecular weight is 299 g/mol. The first-order chi connectivity index (χ1) is 8.72. The van der Waals surface area contributed by atoms with Gasteiger partial charge in [0.2, 0.25) is 0 Å². The highest BCUT2D eigenvalue weighted by Gasteiger charge is 2.36. The highest BCUT2D eigenvalue weighted by Crippen LogP contribution is 2.28. The van der Waals surface area contributed by atoms with Crippen molar-refractivity contribution in [2.75, 3.05) is 0 Å². The number of rotatable bonds is 5. The van der Waals surface area contributed by atoms with Crippen molar-refractivity contribution in [3.05, 3.63) is 0 Å². The lowest BCUT2D eigenvalue weighted by atomic mass is 9.92. The van der Waals surface area contributed by atoms with Gasteiger partial charge in [0, 0.05) is 6.42 Å². The number of nitrogens with one attached hydrogen (secondary N) is 1. The minimum absolute atomic E-state index is 0.540. The number of alkyl halides is 3. The summed E-state index contributed by atoms with van der Waals surface area (Å²) in [6, 6.07) is 0. The van der Waals surface area contributed by atoms with E-state index in [4.69, 9.17) is 9.84 Å². The van der Waals surface area contributed by atoms with E-state index in [1.807, 2.05) is 0 Å². The summed E-state index contributed by atoms with van der Waals surface area (Å²) in [7, 11) is 0. The van der Waals surface area contributed by atoms with E-state index in [1.165, 1.54) is 6.92 Å². The Balaban J connectivity index is 4.78. The summed E-state index contributed by atoms with van der Waals surface area (Å²) in [6.07, 6.45) is -7.71. The van der Waals surface area contributed by atoms with Gasteiger partial charge in [0.15, 0.2) is 0 Å². The van der Waals surface area contributed by atoms with Gasteiger partial charge in [0.05, 0.1) is 12.0 Å². The third-order valence-electron chi connectivity index (χ3n) is 2.30. The number of carbonyl (C=O) groups excluding carboxylic acids is 1. The van der Waals surface area contributed by atoms with Crippen molar-refractivity contribution in [1.82, 2.24) is 5.32 Å². The molecule has 0 saturated carbocycles. The molecule has 0 fully saturated rings. The number of carboxylic acid groups (broad SMARTS) is 1. The van der Waals surface area contributed by atoms with Crippen LogP contribution in [0.1, 0.15) is 47.0 Å². The maximum Gasteiger partial charge on any atom is 0.408 e. The molecule has 0 spiro atoms. The average Bonchev–Trinajstić information content (AvgIpc) is 2.08. The van der Waals surface area contributed by atoms with Crippen LogP contribution in [0.5, 0.6) is 0 Å². The van der Waals surface area contributed by atoms with Crippen molar-refractivity contribution in [3.63, 3.8) is 0 Å². The van der Waals surface area contributed by atoms with Crippen LogP contribution in [0.4, 0.5) is 18.0 Å². The maximum absolute atomic E-state index is 12.2. The molecule has 20 heavy (non-hydrogen) atoms. The smallest absolute Gasteiger partial charge is 0.408 e. The van der Waals surface area contributed by atoms with Crippen LogP contribution < -0.4 is 5.32 Å². The maximum atomic E-state index is 12.2. The predicted molar refractivity (Wildman–Crippen MR) is 65.3 cm³/mol. The monoisotopic (exact) mass is 299 g/mol. The zero-order chi connectivity index (χ0) is 16.2. The third kappa shape index (κ3) is 9.46. The van der Waals surface area contributed by atoms with Gasteiger partial charge >= 0.3 is 18.2 Å². The fourth-order valence-corrected chi connectivity index (χ4v) is 1.50. The third-order valence-corrected chi connectivity index (χ3v) is 2.30. The van der Waals surface area contributed by atoms with Crippen molar-refractivity contribution in [2.45, 2.75) is 64.3 Å². The van der Waals surface area contributed by atoms with Crippen molar-refractivity contribution < 1.29 is 32.6 Å². The Morgan fingerprint density at radius 3 is 1.95 bits per heavy atom. The molecule has 0 aromatic rings. The number of carbonyl (C=O) groups is 2. The van der Waals surface area contributed by atoms with Gasteiger partial charge in [0.1, 0.15) is 5.60 Å². The van der Waals surface area contributed by atoms with Gasteiger partial charge in [-0.05, 0) is 34.1 Å². The molecule has 0 aliphatic heterocycles. The van der Waals surface area contributed by atoms with Crippen LogP contribution in [-0.2, 0) is 9.53 Å². The zero-order valence-electron chi connectivity index (χ0n) is 11.9. The Hall–Kier alpha value is -1.47. The van der Waals surface area contributed by atoms with Crippen LogP contribution >= 0.6 is 0 Å². The van der Waals surface area contributed by atoms with Gasteiger partial charge in [-0.25, -0.2) is 4.79 Å². The molecule has 0 aliphatic carbocycles. The minimum Gasteiger partial charge on any atom is -0.481 e. The van der Waals surface area contributed by atoms with Gasteiger partial charge in [-0.2, -0.15) is 13.2 Å². The number of amides is 1. The zero-order valence-corrected chi connectivity index (χ0v) is 11.9. The van der Waals surface area contributed by atoms with Crippen LogP contribution in [-0.4, -0.2) is 34.5 Å². The van der Waals surface area contributed by atoms with E-state index < -0.39 is 48.6 Å². The second-order valence-electron chi connectivity index (χ2n) is 5.87. The van der Waals surface area contributed by atoms with Crippen LogP contribution in [0.2, 0.25) is 0 Å². The summed E-state index contributed by atoms with van der Waals surface area (Å²) in [6.45, 7) is 6.03. The quantitative estimate of drug-likeness (QED) is 0.818. The summed E-state index contributed by atoms with van der Waals surface area (Å²) in [5.74, 6) is -1.30. The first-order valence-corrected chi connectivity index (χ1v) is 6.02. The van der Waals surface area contributed by atoms with Crippen molar-refractivity contribution >= 4 is 12.1 Å². The molecule has 0 rings (SSSR count). The molecule has 0 aliphatic rings. The van der Waals surface area contributed by atoms with Crippen molar-refractivity contribution in [2.24, 2.45) is 0 Å². The molecule has 0 radical (unpaired) electrons. The van der Waals surface area contributed by atoms with E-state index in [2.05, 4.69) is 5.32 Å². The molecule has 2 N–H and O–H groups in total. The van der Waals surface area contributed by atoms with E-state index in [0.717, 1.165) is 0 Å². The molecule has 8 heteroatoms. The Kier molecular flexibility index (Phi) is 5.86. The van der Waals surface area contributed by atoms with Gasteiger partial charge in [-0.3, -0.25) is 4.79 Å². The molecule has 0 saturated heterocycles. The lowest BCUT2D eigenvalue weighted by Gasteiger charge is -2.31. The molecular formula is C12H20F3NO4. The fraction of sp³-hybridized carbons (Fsp3) is 0.833. The molecule has 0 aromatic heterocycles. The molecule has 1 amide bonds. The number of alkyl carbamates (subject to hydrolysis) is 1. The Labute approximate surface area is 115 Å². The van der Waals surface area contributed by atoms with E-state index >= 15 is 0 Å². The Morgan fingerprint density at radius 1 is 1.10 bits per heavy atom. The number of carboxylic acids is 1. The summed E-state index contributed by atoms with van der Waals surface area (Å²) in [4.78, 5) is 22.3. The lowest BCUT2D eigenvalue weighted by molar-refractivity contribution is -0.145. The largest absolute Gasteiger partial charge is 0.481 e. The second-order valence-corrected chi connectivity index (χ2v) is 5.87. The standard InChI is InChI=1S/C12H20F3NO4/c1-10(2,3)20-9(19)16-11(4,7-8(17)18)5-6-12(13,14)15/h5-7H2,1-4H3,(H,16,19)(H,17,18). The summed E-state index contributed by atoms with van der Waals surface area (Å²) < 4.78 is 41.6. The van der Waals surface area contributed by atoms with Crippen LogP contribution in [0.25, 0.3) is 0 Å². The number of ether oxygens (including phenoxy) is 1. The lowest BCUT2D eigenvalue weighted by Crippen LogP contribution is -2.49. The van der Waals surface area contributed by atoms with Crippen LogP contribution in [0.15, 0.2) is 0 Å². The van der Waals surface area contributed by atoms with Gasteiger partial charge < -0.3 is 15.2 Å². The minimum atomic E-state index is -4.42. The SMILES string of the molecule is CC(CCC(F)(F)F)(CC(=O)O)NC(=O)OC(C)(C)C. The van der Waals surface area contributed by atoms with Crippen molar-refractivity contribution in [1.29, 1.82) is 0 Å². The first kappa shape index (κ1) is 18.5. The Morgan fingerprint density at radius 2 is 1.60 bits per heavy atom. The number of aliphatic carboxylic acids is 1. The Bertz CT molecular complexity index is 363. The van der Waals surface area contributed by atoms with E-state index in [1.54, 1.807) is 20.8 Å². The number of hydrogen-bond acceptors (Lipinski definition) is 3. The van der Waals surface area contributed by atoms with Crippen LogP contribution in [0.3, 0.4) is 0 Å².